The van der Waals surface area contributed by atoms with Crippen LogP contribution in [0.5, 0.6) is 0 Å². The molecule has 4 nitrogen and oxygen atoms in total. The minimum absolute atomic E-state index is 0.227. The van der Waals surface area contributed by atoms with Gasteiger partial charge in [-0.3, -0.25) is 0 Å². The van der Waals surface area contributed by atoms with Crippen LogP contribution < -0.4 is 5.32 Å². The highest BCUT2D eigenvalue weighted by molar-refractivity contribution is 5.63. The molecule has 2 aromatic heterocycles. The summed E-state index contributed by atoms with van der Waals surface area (Å²) in [5.74, 6) is 0.426. The van der Waals surface area contributed by atoms with Crippen LogP contribution in [0.4, 0.5) is 19.0 Å². The van der Waals surface area contributed by atoms with Crippen LogP contribution in [0, 0.1) is 0 Å². The molecule has 0 aliphatic heterocycles. The van der Waals surface area contributed by atoms with Crippen LogP contribution in [0.15, 0.2) is 18.6 Å². The number of anilines is 1. The van der Waals surface area contributed by atoms with Crippen molar-refractivity contribution in [3.05, 3.63) is 24.3 Å². The zero-order chi connectivity index (χ0) is 14.2. The molecule has 2 heterocycles. The van der Waals surface area contributed by atoms with E-state index < -0.39 is 11.9 Å². The average molecular weight is 284 g/mol. The minimum atomic E-state index is -4.44. The summed E-state index contributed by atoms with van der Waals surface area (Å²) in [6.45, 7) is 0. The van der Waals surface area contributed by atoms with Gasteiger partial charge in [-0.15, -0.1) is 0 Å². The average Bonchev–Trinajstić information content (AvgIpc) is 2.85. The first-order valence-electron chi connectivity index (χ1n) is 6.71. The highest BCUT2D eigenvalue weighted by Gasteiger charge is 2.34. The van der Waals surface area contributed by atoms with Crippen LogP contribution in [0.2, 0.25) is 0 Å². The largest absolute Gasteiger partial charge is 0.434 e. The summed E-state index contributed by atoms with van der Waals surface area (Å²) in [4.78, 5) is 7.80. The van der Waals surface area contributed by atoms with Gasteiger partial charge in [0.2, 0.25) is 0 Å². The molecule has 20 heavy (non-hydrogen) atoms. The topological polar surface area (TPSA) is 42.2 Å². The van der Waals surface area contributed by atoms with Crippen molar-refractivity contribution in [1.82, 2.24) is 14.4 Å². The van der Waals surface area contributed by atoms with Crippen molar-refractivity contribution in [2.45, 2.75) is 44.3 Å². The predicted molar refractivity (Wildman–Crippen MR) is 68.5 cm³/mol. The highest BCUT2D eigenvalue weighted by Crippen LogP contribution is 2.30. The van der Waals surface area contributed by atoms with E-state index in [4.69, 9.17) is 0 Å². The minimum Gasteiger partial charge on any atom is -0.364 e. The molecule has 1 aliphatic carbocycles. The number of aromatic nitrogens is 3. The van der Waals surface area contributed by atoms with E-state index in [0.29, 0.717) is 5.82 Å². The third-order valence-corrected chi connectivity index (χ3v) is 3.61. The fourth-order valence-corrected chi connectivity index (χ4v) is 2.60. The fourth-order valence-electron chi connectivity index (χ4n) is 2.60. The Bertz CT molecular complexity index is 599. The van der Waals surface area contributed by atoms with E-state index in [2.05, 4.69) is 15.3 Å². The monoisotopic (exact) mass is 284 g/mol. The molecule has 0 unspecified atom stereocenters. The molecule has 1 aliphatic rings. The summed E-state index contributed by atoms with van der Waals surface area (Å²) in [7, 11) is 0. The van der Waals surface area contributed by atoms with Crippen molar-refractivity contribution >= 4 is 11.5 Å². The van der Waals surface area contributed by atoms with Crippen molar-refractivity contribution in [3.8, 4) is 0 Å². The Morgan fingerprint density at radius 3 is 2.65 bits per heavy atom. The molecular weight excluding hydrogens is 269 g/mol. The van der Waals surface area contributed by atoms with Gasteiger partial charge in [0, 0.05) is 24.6 Å². The Morgan fingerprint density at radius 1 is 1.20 bits per heavy atom. The molecule has 2 aromatic rings. The van der Waals surface area contributed by atoms with Gasteiger partial charge in [-0.05, 0) is 12.8 Å². The van der Waals surface area contributed by atoms with Gasteiger partial charge in [0.1, 0.15) is 0 Å². The smallest absolute Gasteiger partial charge is 0.364 e. The molecule has 1 fully saturated rings. The van der Waals surface area contributed by atoms with Gasteiger partial charge >= 0.3 is 6.18 Å². The van der Waals surface area contributed by atoms with E-state index in [1.807, 2.05) is 0 Å². The number of nitrogens with zero attached hydrogens (tertiary/aromatic N) is 3. The number of hydrogen-bond donors (Lipinski definition) is 1. The molecule has 0 amide bonds. The first kappa shape index (κ1) is 13.2. The lowest BCUT2D eigenvalue weighted by atomic mass is 9.95. The maximum atomic E-state index is 12.7. The first-order chi connectivity index (χ1) is 9.54. The van der Waals surface area contributed by atoms with Gasteiger partial charge < -0.3 is 9.72 Å². The number of nitrogens with one attached hydrogen (secondary N) is 1. The number of fused-ring (bicyclic) bond motifs is 1. The van der Waals surface area contributed by atoms with E-state index >= 15 is 0 Å². The van der Waals surface area contributed by atoms with E-state index in [1.165, 1.54) is 23.2 Å². The predicted octanol–water partition coefficient (Wildman–Crippen LogP) is 3.49. The summed E-state index contributed by atoms with van der Waals surface area (Å²) in [6.07, 6.45) is 5.06. The lowest BCUT2D eigenvalue weighted by Crippen LogP contribution is -2.23. The summed E-state index contributed by atoms with van der Waals surface area (Å²) in [6, 6.07) is 0.272. The Kier molecular flexibility index (Phi) is 3.27. The summed E-state index contributed by atoms with van der Waals surface area (Å²) in [5, 5.41) is 3.23. The molecular formula is C13H15F3N4. The molecule has 1 N–H and O–H groups in total. The number of hydrogen-bond acceptors (Lipinski definition) is 3. The molecule has 7 heteroatoms. The van der Waals surface area contributed by atoms with Gasteiger partial charge in [-0.1, -0.05) is 19.3 Å². The lowest BCUT2D eigenvalue weighted by Gasteiger charge is -2.23. The van der Waals surface area contributed by atoms with Crippen molar-refractivity contribution < 1.29 is 13.2 Å². The normalized spacial score (nSPS) is 17.6. The second kappa shape index (κ2) is 4.96. The first-order valence-corrected chi connectivity index (χ1v) is 6.71. The van der Waals surface area contributed by atoms with Crippen molar-refractivity contribution in [1.29, 1.82) is 0 Å². The van der Waals surface area contributed by atoms with Crippen LogP contribution in [0.3, 0.4) is 0 Å². The van der Waals surface area contributed by atoms with Gasteiger partial charge in [0.25, 0.3) is 0 Å². The highest BCUT2D eigenvalue weighted by atomic mass is 19.4. The van der Waals surface area contributed by atoms with Crippen LogP contribution in [0.25, 0.3) is 5.65 Å². The van der Waals surface area contributed by atoms with Crippen LogP contribution >= 0.6 is 0 Å². The van der Waals surface area contributed by atoms with E-state index in [9.17, 15) is 13.2 Å². The zero-order valence-corrected chi connectivity index (χ0v) is 10.8. The van der Waals surface area contributed by atoms with Gasteiger partial charge in [0.15, 0.2) is 17.2 Å². The molecule has 108 valence electrons. The molecule has 0 atom stereocenters. The molecule has 0 saturated heterocycles. The molecule has 0 aromatic carbocycles. The number of halogens is 3. The molecule has 0 radical (unpaired) electrons. The fraction of sp³-hybridized carbons (Fsp3) is 0.538. The molecule has 1 saturated carbocycles. The Hall–Kier alpha value is -1.79. The SMILES string of the molecule is FC(F)(F)c1cn2ccnc(NC3CCCCC3)c2n1. The van der Waals surface area contributed by atoms with Gasteiger partial charge in [-0.25, -0.2) is 9.97 Å². The second-order valence-electron chi connectivity index (χ2n) is 5.11. The summed E-state index contributed by atoms with van der Waals surface area (Å²) < 4.78 is 39.5. The zero-order valence-electron chi connectivity index (χ0n) is 10.8. The van der Waals surface area contributed by atoms with Crippen LogP contribution in [-0.2, 0) is 6.18 Å². The molecule has 3 rings (SSSR count). The van der Waals surface area contributed by atoms with Gasteiger partial charge in [-0.2, -0.15) is 13.2 Å². The van der Waals surface area contributed by atoms with Crippen molar-refractivity contribution in [2.24, 2.45) is 0 Å². The van der Waals surface area contributed by atoms with E-state index in [1.54, 1.807) is 0 Å². The maximum absolute atomic E-state index is 12.7. The Balaban J connectivity index is 1.92. The molecule has 0 bridgehead atoms. The number of rotatable bonds is 2. The van der Waals surface area contributed by atoms with Crippen molar-refractivity contribution in [3.63, 3.8) is 0 Å². The van der Waals surface area contributed by atoms with Crippen LogP contribution in [0.1, 0.15) is 37.8 Å². The lowest BCUT2D eigenvalue weighted by molar-refractivity contribution is -0.140. The molecule has 0 spiro atoms. The third-order valence-electron chi connectivity index (χ3n) is 3.61. The summed E-state index contributed by atoms with van der Waals surface area (Å²) >= 11 is 0. The van der Waals surface area contributed by atoms with Gasteiger partial charge in [0.05, 0.1) is 0 Å². The number of imidazole rings is 1. The van der Waals surface area contributed by atoms with Crippen molar-refractivity contribution in [2.75, 3.05) is 5.32 Å². The van der Waals surface area contributed by atoms with E-state index in [-0.39, 0.29) is 11.7 Å². The Labute approximate surface area is 114 Å². The van der Waals surface area contributed by atoms with E-state index in [0.717, 1.165) is 31.9 Å². The quantitative estimate of drug-likeness (QED) is 0.918. The second-order valence-corrected chi connectivity index (χ2v) is 5.11. The third kappa shape index (κ3) is 2.57. The Morgan fingerprint density at radius 2 is 1.95 bits per heavy atom. The van der Waals surface area contributed by atoms with Crippen LogP contribution in [-0.4, -0.2) is 20.4 Å². The number of alkyl halides is 3. The summed E-state index contributed by atoms with van der Waals surface area (Å²) in [5.41, 5.74) is -0.664. The standard InChI is InChI=1S/C13H15F3N4/c14-13(15,16)10-8-20-7-6-17-11(12(20)19-10)18-9-4-2-1-3-5-9/h6-9H,1-5H2,(H,17,18). The maximum Gasteiger partial charge on any atom is 0.434 e.